The minimum atomic E-state index is -0.592. The first-order chi connectivity index (χ1) is 6.50. The Hall–Kier alpha value is 0.0700. The van der Waals surface area contributed by atoms with Crippen molar-refractivity contribution in [2.24, 2.45) is 0 Å². The molecule has 3 nitrogen and oxygen atoms in total. The summed E-state index contributed by atoms with van der Waals surface area (Å²) in [5.74, 6) is -0.380. The van der Waals surface area contributed by atoms with Gasteiger partial charge in [0.05, 0.1) is 12.7 Å². The molecule has 5 heteroatoms. The molecule has 0 N–H and O–H groups in total. The van der Waals surface area contributed by atoms with Gasteiger partial charge in [-0.05, 0) is 13.8 Å². The van der Waals surface area contributed by atoms with Gasteiger partial charge in [0.25, 0.3) is 0 Å². The number of carbonyl (C=O) groups excluding carboxylic acids is 1. The Bertz CT molecular complexity index is 210. The fraction of sp³-hybridized carbons (Fsp3) is 0.889. The molecule has 1 saturated heterocycles. The Morgan fingerprint density at radius 1 is 1.64 bits per heavy atom. The standard InChI is InChI=1S/C9H15ClO3S/c1-5(10)9(11)13-8-4-12-6(2)7(3)14-8/h5-8H,4H2,1-3H3. The number of alkyl halides is 1. The SMILES string of the molecule is CC(Cl)C(=O)OC1COC(C)C(C)S1. The van der Waals surface area contributed by atoms with Crippen LogP contribution < -0.4 is 0 Å². The zero-order valence-electron chi connectivity index (χ0n) is 8.53. The molecule has 0 aromatic rings. The highest BCUT2D eigenvalue weighted by molar-refractivity contribution is 8.00. The Balaban J connectivity index is 2.37. The second-order valence-electron chi connectivity index (χ2n) is 3.36. The van der Waals surface area contributed by atoms with Gasteiger partial charge < -0.3 is 9.47 Å². The lowest BCUT2D eigenvalue weighted by Crippen LogP contribution is -2.36. The van der Waals surface area contributed by atoms with Crippen molar-refractivity contribution in [1.82, 2.24) is 0 Å². The molecule has 0 aromatic heterocycles. The van der Waals surface area contributed by atoms with Crippen molar-refractivity contribution in [3.05, 3.63) is 0 Å². The van der Waals surface area contributed by atoms with Gasteiger partial charge in [0, 0.05) is 5.25 Å². The number of hydrogen-bond acceptors (Lipinski definition) is 4. The van der Waals surface area contributed by atoms with E-state index in [1.807, 2.05) is 6.92 Å². The van der Waals surface area contributed by atoms with E-state index in [4.69, 9.17) is 21.1 Å². The third-order valence-electron chi connectivity index (χ3n) is 2.10. The van der Waals surface area contributed by atoms with Crippen LogP contribution in [0.2, 0.25) is 0 Å². The van der Waals surface area contributed by atoms with E-state index >= 15 is 0 Å². The van der Waals surface area contributed by atoms with Gasteiger partial charge in [0.15, 0.2) is 5.44 Å². The summed E-state index contributed by atoms with van der Waals surface area (Å²) in [7, 11) is 0. The Morgan fingerprint density at radius 3 is 2.79 bits per heavy atom. The first-order valence-corrected chi connectivity index (χ1v) is 6.00. The number of rotatable bonds is 2. The van der Waals surface area contributed by atoms with Crippen LogP contribution in [0.1, 0.15) is 20.8 Å². The smallest absolute Gasteiger partial charge is 0.324 e. The van der Waals surface area contributed by atoms with Crippen molar-refractivity contribution >= 4 is 29.3 Å². The molecule has 0 bridgehead atoms. The zero-order chi connectivity index (χ0) is 10.7. The molecule has 4 atom stereocenters. The van der Waals surface area contributed by atoms with Gasteiger partial charge in [-0.3, -0.25) is 4.79 Å². The lowest BCUT2D eigenvalue weighted by molar-refractivity contribution is -0.147. The van der Waals surface area contributed by atoms with Gasteiger partial charge >= 0.3 is 5.97 Å². The molecule has 0 radical (unpaired) electrons. The fourth-order valence-corrected chi connectivity index (χ4v) is 2.18. The summed E-state index contributed by atoms with van der Waals surface area (Å²) in [5.41, 5.74) is -0.213. The van der Waals surface area contributed by atoms with Crippen molar-refractivity contribution in [1.29, 1.82) is 0 Å². The first-order valence-electron chi connectivity index (χ1n) is 4.62. The molecule has 82 valence electrons. The first kappa shape index (κ1) is 12.1. The summed E-state index contributed by atoms with van der Waals surface area (Å²) in [6.45, 7) is 6.12. The van der Waals surface area contributed by atoms with Crippen LogP contribution >= 0.6 is 23.4 Å². The maximum absolute atomic E-state index is 11.2. The van der Waals surface area contributed by atoms with Crippen molar-refractivity contribution in [2.45, 2.75) is 42.9 Å². The average Bonchev–Trinajstić information content (AvgIpc) is 2.11. The lowest BCUT2D eigenvalue weighted by atomic mass is 10.3. The summed E-state index contributed by atoms with van der Waals surface area (Å²) in [4.78, 5) is 11.2. The highest BCUT2D eigenvalue weighted by atomic mass is 35.5. The van der Waals surface area contributed by atoms with E-state index in [1.165, 1.54) is 0 Å². The van der Waals surface area contributed by atoms with Crippen LogP contribution in [0.3, 0.4) is 0 Å². The van der Waals surface area contributed by atoms with Crippen molar-refractivity contribution < 1.29 is 14.3 Å². The van der Waals surface area contributed by atoms with E-state index in [0.29, 0.717) is 11.9 Å². The summed E-state index contributed by atoms with van der Waals surface area (Å²) < 4.78 is 10.6. The Morgan fingerprint density at radius 2 is 2.29 bits per heavy atom. The van der Waals surface area contributed by atoms with E-state index in [1.54, 1.807) is 18.7 Å². The van der Waals surface area contributed by atoms with Gasteiger partial charge in [0.2, 0.25) is 0 Å². The number of hydrogen-bond donors (Lipinski definition) is 0. The van der Waals surface area contributed by atoms with Crippen LogP contribution in [0.25, 0.3) is 0 Å². The Labute approximate surface area is 93.5 Å². The predicted molar refractivity (Wildman–Crippen MR) is 57.7 cm³/mol. The maximum atomic E-state index is 11.2. The molecule has 0 aromatic carbocycles. The second-order valence-corrected chi connectivity index (χ2v) is 5.56. The molecule has 1 rings (SSSR count). The predicted octanol–water partition coefficient (Wildman–Crippen LogP) is 2.02. The van der Waals surface area contributed by atoms with Crippen LogP contribution in [0.5, 0.6) is 0 Å². The molecule has 0 amide bonds. The molecular weight excluding hydrogens is 224 g/mol. The number of halogens is 1. The molecule has 1 aliphatic rings. The van der Waals surface area contributed by atoms with Gasteiger partial charge in [-0.15, -0.1) is 23.4 Å². The van der Waals surface area contributed by atoms with E-state index in [-0.39, 0.29) is 17.5 Å². The van der Waals surface area contributed by atoms with Gasteiger partial charge in [-0.25, -0.2) is 0 Å². The molecule has 0 saturated carbocycles. The van der Waals surface area contributed by atoms with E-state index in [2.05, 4.69) is 6.92 Å². The minimum absolute atomic E-state index is 0.211. The number of esters is 1. The summed E-state index contributed by atoms with van der Waals surface area (Å²) >= 11 is 7.20. The third-order valence-corrected chi connectivity index (χ3v) is 3.62. The monoisotopic (exact) mass is 238 g/mol. The summed E-state index contributed by atoms with van der Waals surface area (Å²) in [6.07, 6.45) is 0.211. The summed E-state index contributed by atoms with van der Waals surface area (Å²) in [5, 5.41) is -0.252. The molecule has 1 heterocycles. The van der Waals surface area contributed by atoms with Crippen LogP contribution in [0.15, 0.2) is 0 Å². The van der Waals surface area contributed by atoms with E-state index < -0.39 is 5.38 Å². The second kappa shape index (κ2) is 5.24. The Kier molecular flexibility index (Phi) is 4.54. The zero-order valence-corrected chi connectivity index (χ0v) is 10.1. The van der Waals surface area contributed by atoms with Crippen LogP contribution in [-0.2, 0) is 14.3 Å². The largest absolute Gasteiger partial charge is 0.448 e. The molecular formula is C9H15ClO3S. The van der Waals surface area contributed by atoms with Gasteiger partial charge in [0.1, 0.15) is 5.38 Å². The van der Waals surface area contributed by atoms with Crippen LogP contribution in [-0.4, -0.2) is 34.7 Å². The average molecular weight is 239 g/mol. The molecule has 0 aliphatic carbocycles. The highest BCUT2D eigenvalue weighted by Gasteiger charge is 2.29. The third kappa shape index (κ3) is 3.33. The van der Waals surface area contributed by atoms with Gasteiger partial charge in [-0.2, -0.15) is 0 Å². The van der Waals surface area contributed by atoms with Crippen LogP contribution in [0, 0.1) is 0 Å². The van der Waals surface area contributed by atoms with Crippen molar-refractivity contribution in [3.63, 3.8) is 0 Å². The molecule has 1 fully saturated rings. The molecule has 14 heavy (non-hydrogen) atoms. The topological polar surface area (TPSA) is 35.5 Å². The van der Waals surface area contributed by atoms with E-state index in [0.717, 1.165) is 0 Å². The van der Waals surface area contributed by atoms with Crippen molar-refractivity contribution in [3.8, 4) is 0 Å². The highest BCUT2D eigenvalue weighted by Crippen LogP contribution is 2.28. The number of ether oxygens (including phenoxy) is 2. The van der Waals surface area contributed by atoms with E-state index in [9.17, 15) is 4.79 Å². The minimum Gasteiger partial charge on any atom is -0.448 e. The molecule has 0 spiro atoms. The normalized spacial score (nSPS) is 35.0. The molecule has 1 aliphatic heterocycles. The quantitative estimate of drug-likeness (QED) is 0.545. The lowest BCUT2D eigenvalue weighted by Gasteiger charge is -2.31. The van der Waals surface area contributed by atoms with Crippen LogP contribution in [0.4, 0.5) is 0 Å². The van der Waals surface area contributed by atoms with Crippen molar-refractivity contribution in [2.75, 3.05) is 6.61 Å². The maximum Gasteiger partial charge on any atom is 0.324 e. The summed E-state index contributed by atoms with van der Waals surface area (Å²) in [6, 6.07) is 0. The number of thioether (sulfide) groups is 1. The number of carbonyl (C=O) groups is 1. The molecule has 4 unspecified atom stereocenters. The fourth-order valence-electron chi connectivity index (χ4n) is 1.04. The van der Waals surface area contributed by atoms with Gasteiger partial charge in [-0.1, -0.05) is 6.92 Å².